The molecule has 1 atom stereocenters. The van der Waals surface area contributed by atoms with Crippen LogP contribution >= 0.6 is 0 Å². The second-order valence-corrected chi connectivity index (χ2v) is 3.44. The lowest BCUT2D eigenvalue weighted by Gasteiger charge is -2.28. The average molecular weight is 209 g/mol. The Morgan fingerprint density at radius 3 is 2.60 bits per heavy atom. The molecule has 0 aliphatic heterocycles. The van der Waals surface area contributed by atoms with E-state index >= 15 is 0 Å². The smallest absolute Gasteiger partial charge is 0.209 e. The Bertz CT molecular complexity index is 276. The van der Waals surface area contributed by atoms with Gasteiger partial charge in [0.1, 0.15) is 0 Å². The molecule has 15 heavy (non-hydrogen) atoms. The van der Waals surface area contributed by atoms with Gasteiger partial charge in [0.2, 0.25) is 5.79 Å². The third kappa shape index (κ3) is 3.29. The topological polar surface area (TPSA) is 31.4 Å². The molecule has 0 fully saturated rings. The summed E-state index contributed by atoms with van der Waals surface area (Å²) in [6.07, 6.45) is 2.72. The van der Waals surface area contributed by atoms with Crippen LogP contribution in [0.4, 0.5) is 0 Å². The molecule has 0 radical (unpaired) electrons. The second kappa shape index (κ2) is 5.83. The molecule has 0 aromatic carbocycles. The first-order valence-corrected chi connectivity index (χ1v) is 5.42. The van der Waals surface area contributed by atoms with E-state index in [0.717, 1.165) is 12.1 Å². The van der Waals surface area contributed by atoms with Crippen LogP contribution in [0.3, 0.4) is 0 Å². The molecule has 0 spiro atoms. The Morgan fingerprint density at radius 2 is 2.07 bits per heavy atom. The zero-order valence-corrected chi connectivity index (χ0v) is 9.69. The Morgan fingerprint density at radius 1 is 1.27 bits per heavy atom. The maximum atomic E-state index is 5.72. The number of rotatable bonds is 6. The van der Waals surface area contributed by atoms with Gasteiger partial charge < -0.3 is 9.47 Å². The van der Waals surface area contributed by atoms with E-state index in [-0.39, 0.29) is 0 Å². The van der Waals surface area contributed by atoms with E-state index in [1.54, 1.807) is 6.20 Å². The standard InChI is InChI=1S/C12H19NO2/c1-4-10-15-12(3,14-5-2)11-8-6-7-9-13-11/h6-9H,4-5,10H2,1-3H3. The van der Waals surface area contributed by atoms with Gasteiger partial charge in [-0.3, -0.25) is 4.98 Å². The minimum absolute atomic E-state index is 0.608. The molecule has 1 aromatic rings. The van der Waals surface area contributed by atoms with Crippen molar-refractivity contribution >= 4 is 0 Å². The van der Waals surface area contributed by atoms with E-state index in [2.05, 4.69) is 11.9 Å². The van der Waals surface area contributed by atoms with Crippen LogP contribution in [-0.2, 0) is 15.3 Å². The summed E-state index contributed by atoms with van der Waals surface area (Å²) in [5, 5.41) is 0. The van der Waals surface area contributed by atoms with Crippen LogP contribution < -0.4 is 0 Å². The number of aromatic nitrogens is 1. The molecule has 0 saturated carbocycles. The first-order valence-electron chi connectivity index (χ1n) is 5.42. The molecule has 84 valence electrons. The molecule has 0 aliphatic carbocycles. The Balaban J connectivity index is 2.80. The minimum atomic E-state index is -0.716. The van der Waals surface area contributed by atoms with Gasteiger partial charge >= 0.3 is 0 Å². The number of hydrogen-bond acceptors (Lipinski definition) is 3. The maximum Gasteiger partial charge on any atom is 0.209 e. The van der Waals surface area contributed by atoms with Crippen molar-refractivity contribution in [3.8, 4) is 0 Å². The number of pyridine rings is 1. The van der Waals surface area contributed by atoms with Crippen LogP contribution in [0.1, 0.15) is 32.9 Å². The quantitative estimate of drug-likeness (QED) is 0.675. The van der Waals surface area contributed by atoms with Crippen molar-refractivity contribution in [2.24, 2.45) is 0 Å². The zero-order valence-electron chi connectivity index (χ0n) is 9.69. The normalized spacial score (nSPS) is 14.9. The van der Waals surface area contributed by atoms with Gasteiger partial charge in [-0.15, -0.1) is 0 Å². The van der Waals surface area contributed by atoms with Crippen molar-refractivity contribution in [3.63, 3.8) is 0 Å². The molecule has 1 unspecified atom stereocenters. The van der Waals surface area contributed by atoms with Crippen LogP contribution in [0.2, 0.25) is 0 Å². The highest BCUT2D eigenvalue weighted by Gasteiger charge is 2.28. The van der Waals surface area contributed by atoms with E-state index in [0.29, 0.717) is 13.2 Å². The summed E-state index contributed by atoms with van der Waals surface area (Å²) in [5.41, 5.74) is 0.820. The molecule has 0 bridgehead atoms. The van der Waals surface area contributed by atoms with Crippen molar-refractivity contribution in [2.45, 2.75) is 33.0 Å². The average Bonchev–Trinajstić information content (AvgIpc) is 2.28. The van der Waals surface area contributed by atoms with Gasteiger partial charge in [-0.25, -0.2) is 0 Å². The summed E-state index contributed by atoms with van der Waals surface area (Å²) >= 11 is 0. The van der Waals surface area contributed by atoms with E-state index in [9.17, 15) is 0 Å². The molecule has 1 heterocycles. The van der Waals surface area contributed by atoms with Crippen molar-refractivity contribution in [1.29, 1.82) is 0 Å². The van der Waals surface area contributed by atoms with Gasteiger partial charge in [0.25, 0.3) is 0 Å². The fraction of sp³-hybridized carbons (Fsp3) is 0.583. The Hall–Kier alpha value is -0.930. The van der Waals surface area contributed by atoms with E-state index in [1.807, 2.05) is 32.0 Å². The summed E-state index contributed by atoms with van der Waals surface area (Å²) in [6.45, 7) is 7.22. The first-order chi connectivity index (χ1) is 7.23. The fourth-order valence-corrected chi connectivity index (χ4v) is 1.39. The molecule has 1 aromatic heterocycles. The molecule has 0 saturated heterocycles. The van der Waals surface area contributed by atoms with E-state index in [1.165, 1.54) is 0 Å². The molecule has 3 nitrogen and oxygen atoms in total. The van der Waals surface area contributed by atoms with Crippen LogP contribution in [0.15, 0.2) is 24.4 Å². The Labute approximate surface area is 91.4 Å². The van der Waals surface area contributed by atoms with Gasteiger partial charge in [-0.05, 0) is 32.4 Å². The summed E-state index contributed by atoms with van der Waals surface area (Å²) < 4.78 is 11.4. The maximum absolute atomic E-state index is 5.72. The third-order valence-electron chi connectivity index (χ3n) is 2.13. The van der Waals surface area contributed by atoms with Crippen molar-refractivity contribution in [1.82, 2.24) is 4.98 Å². The van der Waals surface area contributed by atoms with Gasteiger partial charge in [-0.2, -0.15) is 0 Å². The van der Waals surface area contributed by atoms with Crippen molar-refractivity contribution in [2.75, 3.05) is 13.2 Å². The van der Waals surface area contributed by atoms with Crippen LogP contribution in [-0.4, -0.2) is 18.2 Å². The monoisotopic (exact) mass is 209 g/mol. The first kappa shape index (κ1) is 12.1. The molecular weight excluding hydrogens is 190 g/mol. The molecule has 0 amide bonds. The number of hydrogen-bond donors (Lipinski definition) is 0. The summed E-state index contributed by atoms with van der Waals surface area (Å²) in [6, 6.07) is 5.75. The third-order valence-corrected chi connectivity index (χ3v) is 2.13. The molecule has 0 aliphatic rings. The number of ether oxygens (including phenoxy) is 2. The molecule has 0 N–H and O–H groups in total. The highest BCUT2D eigenvalue weighted by Crippen LogP contribution is 2.24. The number of nitrogens with zero attached hydrogens (tertiary/aromatic N) is 1. The van der Waals surface area contributed by atoms with E-state index in [4.69, 9.17) is 9.47 Å². The predicted octanol–water partition coefficient (Wildman–Crippen LogP) is 2.72. The molecular formula is C12H19NO2. The highest BCUT2D eigenvalue weighted by molar-refractivity contribution is 5.09. The highest BCUT2D eigenvalue weighted by atomic mass is 16.7. The lowest BCUT2D eigenvalue weighted by Crippen LogP contribution is -2.31. The molecule has 1 rings (SSSR count). The fourth-order valence-electron chi connectivity index (χ4n) is 1.39. The van der Waals surface area contributed by atoms with Crippen LogP contribution in [0.25, 0.3) is 0 Å². The summed E-state index contributed by atoms with van der Waals surface area (Å²) in [5.74, 6) is -0.716. The zero-order chi connectivity index (χ0) is 11.1. The lowest BCUT2D eigenvalue weighted by atomic mass is 10.2. The van der Waals surface area contributed by atoms with Crippen LogP contribution in [0, 0.1) is 0 Å². The Kier molecular flexibility index (Phi) is 4.72. The van der Waals surface area contributed by atoms with Gasteiger partial charge in [0, 0.05) is 12.8 Å². The van der Waals surface area contributed by atoms with Crippen LogP contribution in [0.5, 0.6) is 0 Å². The van der Waals surface area contributed by atoms with Gasteiger partial charge in [0.05, 0.1) is 12.3 Å². The summed E-state index contributed by atoms with van der Waals surface area (Å²) in [4.78, 5) is 4.27. The predicted molar refractivity (Wildman–Crippen MR) is 59.5 cm³/mol. The van der Waals surface area contributed by atoms with Gasteiger partial charge in [-0.1, -0.05) is 13.0 Å². The summed E-state index contributed by atoms with van der Waals surface area (Å²) in [7, 11) is 0. The molecule has 3 heteroatoms. The second-order valence-electron chi connectivity index (χ2n) is 3.44. The largest absolute Gasteiger partial charge is 0.345 e. The van der Waals surface area contributed by atoms with Crippen molar-refractivity contribution in [3.05, 3.63) is 30.1 Å². The van der Waals surface area contributed by atoms with Gasteiger partial charge in [0.15, 0.2) is 0 Å². The lowest BCUT2D eigenvalue weighted by molar-refractivity contribution is -0.234. The SMILES string of the molecule is CCCOC(C)(OCC)c1ccccn1. The minimum Gasteiger partial charge on any atom is -0.345 e. The van der Waals surface area contributed by atoms with Crippen molar-refractivity contribution < 1.29 is 9.47 Å². The van der Waals surface area contributed by atoms with E-state index < -0.39 is 5.79 Å².